The van der Waals surface area contributed by atoms with Gasteiger partial charge in [0, 0.05) is 11.3 Å². The van der Waals surface area contributed by atoms with Gasteiger partial charge in [0.05, 0.1) is 12.0 Å². The van der Waals surface area contributed by atoms with Crippen LogP contribution in [-0.4, -0.2) is 15.2 Å². The lowest BCUT2D eigenvalue weighted by atomic mass is 9.97. The number of hydrogen-bond acceptors (Lipinski definition) is 5. The van der Waals surface area contributed by atoms with E-state index in [1.54, 1.807) is 11.3 Å². The van der Waals surface area contributed by atoms with E-state index in [9.17, 15) is 5.11 Å². The number of aliphatic hydroxyl groups is 1. The Labute approximate surface area is 127 Å². The first-order chi connectivity index (χ1) is 10.2. The highest BCUT2D eigenvalue weighted by Gasteiger charge is 2.23. The zero-order valence-corrected chi connectivity index (χ0v) is 12.5. The molecule has 2 aromatic heterocycles. The van der Waals surface area contributed by atoms with Gasteiger partial charge in [-0.25, -0.2) is 0 Å². The fourth-order valence-electron chi connectivity index (χ4n) is 2.17. The van der Waals surface area contributed by atoms with Crippen molar-refractivity contribution in [3.63, 3.8) is 0 Å². The van der Waals surface area contributed by atoms with Crippen molar-refractivity contribution in [1.29, 1.82) is 0 Å². The second-order valence-electron chi connectivity index (χ2n) is 4.95. The minimum Gasteiger partial charge on any atom is -0.388 e. The van der Waals surface area contributed by atoms with E-state index in [-0.39, 0.29) is 5.92 Å². The normalized spacial score (nSPS) is 14.0. The van der Waals surface area contributed by atoms with Crippen molar-refractivity contribution in [3.8, 4) is 0 Å². The first kappa shape index (κ1) is 14.0. The van der Waals surface area contributed by atoms with Crippen LogP contribution in [0, 0.1) is 0 Å². The van der Waals surface area contributed by atoms with E-state index in [4.69, 9.17) is 4.52 Å². The average molecular weight is 300 g/mol. The second-order valence-corrected chi connectivity index (χ2v) is 5.98. The molecular formula is C16H16N2O2S. The molecule has 3 aromatic rings. The molecule has 0 saturated heterocycles. The van der Waals surface area contributed by atoms with Crippen molar-refractivity contribution in [2.45, 2.75) is 25.4 Å². The first-order valence-corrected chi connectivity index (χ1v) is 7.70. The van der Waals surface area contributed by atoms with Crippen molar-refractivity contribution in [2.24, 2.45) is 0 Å². The Morgan fingerprint density at radius 1 is 1.19 bits per heavy atom. The fourth-order valence-corrected chi connectivity index (χ4v) is 2.87. The van der Waals surface area contributed by atoms with Gasteiger partial charge in [-0.3, -0.25) is 0 Å². The molecule has 1 aromatic carbocycles. The topological polar surface area (TPSA) is 59.2 Å². The van der Waals surface area contributed by atoms with E-state index in [1.807, 2.05) is 54.8 Å². The number of rotatable bonds is 5. The van der Waals surface area contributed by atoms with Crippen molar-refractivity contribution >= 4 is 11.3 Å². The summed E-state index contributed by atoms with van der Waals surface area (Å²) in [5.74, 6) is 0.884. The Bertz CT molecular complexity index is 679. The number of nitrogens with zero attached hydrogens (tertiary/aromatic N) is 2. The molecule has 0 aliphatic carbocycles. The summed E-state index contributed by atoms with van der Waals surface area (Å²) >= 11 is 1.67. The minimum atomic E-state index is -0.652. The third kappa shape index (κ3) is 3.20. The Morgan fingerprint density at radius 3 is 2.71 bits per heavy atom. The van der Waals surface area contributed by atoms with E-state index >= 15 is 0 Å². The largest absolute Gasteiger partial charge is 0.388 e. The van der Waals surface area contributed by atoms with Crippen LogP contribution >= 0.6 is 11.3 Å². The second kappa shape index (κ2) is 6.20. The van der Waals surface area contributed by atoms with Crippen LogP contribution in [0.25, 0.3) is 0 Å². The highest BCUT2D eigenvalue weighted by molar-refractivity contribution is 7.09. The molecule has 1 N–H and O–H groups in total. The fraction of sp³-hybridized carbons (Fsp3) is 0.250. The molecule has 0 aliphatic heterocycles. The van der Waals surface area contributed by atoms with E-state index in [0.29, 0.717) is 18.1 Å². The summed E-state index contributed by atoms with van der Waals surface area (Å²) < 4.78 is 5.30. The predicted octanol–water partition coefficient (Wildman–Crippen LogP) is 3.56. The molecule has 0 fully saturated rings. The van der Waals surface area contributed by atoms with E-state index in [1.165, 1.54) is 4.88 Å². The molecule has 0 saturated carbocycles. The maximum atomic E-state index is 10.4. The highest BCUT2D eigenvalue weighted by Crippen LogP contribution is 2.29. The van der Waals surface area contributed by atoms with Crippen molar-refractivity contribution in [3.05, 3.63) is 70.0 Å². The molecule has 2 atom stereocenters. The highest BCUT2D eigenvalue weighted by atomic mass is 32.1. The molecule has 0 spiro atoms. The van der Waals surface area contributed by atoms with Gasteiger partial charge in [0.15, 0.2) is 5.82 Å². The molecular weight excluding hydrogens is 284 g/mol. The zero-order valence-electron chi connectivity index (χ0n) is 11.6. The molecule has 21 heavy (non-hydrogen) atoms. The zero-order chi connectivity index (χ0) is 14.7. The maximum absolute atomic E-state index is 10.4. The summed E-state index contributed by atoms with van der Waals surface area (Å²) in [6.07, 6.45) is 0.0104. The number of thiophene rings is 1. The van der Waals surface area contributed by atoms with Crippen LogP contribution in [0.5, 0.6) is 0 Å². The molecule has 0 bridgehead atoms. The molecule has 0 radical (unpaired) electrons. The van der Waals surface area contributed by atoms with Crippen LogP contribution in [0.4, 0.5) is 0 Å². The Balaban J connectivity index is 1.73. The summed E-state index contributed by atoms with van der Waals surface area (Å²) in [4.78, 5) is 5.59. The first-order valence-electron chi connectivity index (χ1n) is 6.82. The van der Waals surface area contributed by atoms with E-state index < -0.39 is 6.10 Å². The lowest BCUT2D eigenvalue weighted by Gasteiger charge is -2.15. The van der Waals surface area contributed by atoms with Crippen LogP contribution in [0.2, 0.25) is 0 Å². The third-order valence-electron chi connectivity index (χ3n) is 3.40. The summed E-state index contributed by atoms with van der Waals surface area (Å²) in [6, 6.07) is 13.6. The molecule has 2 unspecified atom stereocenters. The molecule has 0 amide bonds. The van der Waals surface area contributed by atoms with Gasteiger partial charge in [-0.2, -0.15) is 4.98 Å². The molecule has 5 heteroatoms. The average Bonchev–Trinajstić information content (AvgIpc) is 3.19. The summed E-state index contributed by atoms with van der Waals surface area (Å²) in [5.41, 5.74) is 0.850. The Morgan fingerprint density at radius 2 is 2.00 bits per heavy atom. The number of benzene rings is 1. The van der Waals surface area contributed by atoms with Crippen molar-refractivity contribution in [2.75, 3.05) is 0 Å². The predicted molar refractivity (Wildman–Crippen MR) is 81.2 cm³/mol. The third-order valence-corrected chi connectivity index (χ3v) is 4.28. The van der Waals surface area contributed by atoms with Gasteiger partial charge in [-0.05, 0) is 17.0 Å². The van der Waals surface area contributed by atoms with E-state index in [2.05, 4.69) is 10.1 Å². The minimum absolute atomic E-state index is 0.239. The van der Waals surface area contributed by atoms with Gasteiger partial charge in [-0.15, -0.1) is 11.3 Å². The van der Waals surface area contributed by atoms with Gasteiger partial charge in [0.2, 0.25) is 5.89 Å². The van der Waals surface area contributed by atoms with Crippen LogP contribution in [-0.2, 0) is 6.42 Å². The van der Waals surface area contributed by atoms with Crippen molar-refractivity contribution < 1.29 is 9.63 Å². The van der Waals surface area contributed by atoms with E-state index in [0.717, 1.165) is 5.56 Å². The van der Waals surface area contributed by atoms with Crippen LogP contribution in [0.3, 0.4) is 0 Å². The Kier molecular flexibility index (Phi) is 4.13. The molecule has 108 valence electrons. The summed E-state index contributed by atoms with van der Waals surface area (Å²) in [5, 5.41) is 16.4. The van der Waals surface area contributed by atoms with Gasteiger partial charge in [-0.1, -0.05) is 48.5 Å². The van der Waals surface area contributed by atoms with Crippen LogP contribution < -0.4 is 0 Å². The number of aliphatic hydroxyl groups excluding tert-OH is 1. The number of hydrogen-bond donors (Lipinski definition) is 1. The lowest BCUT2D eigenvalue weighted by Crippen LogP contribution is -2.08. The van der Waals surface area contributed by atoms with Crippen LogP contribution in [0.15, 0.2) is 52.4 Å². The lowest BCUT2D eigenvalue weighted by molar-refractivity contribution is 0.135. The smallest absolute Gasteiger partial charge is 0.232 e. The number of aromatic nitrogens is 2. The standard InChI is InChI=1S/C16H16N2O2S/c1-11(15(19)12-6-3-2-4-7-12)16-17-14(18-20-16)10-13-8-5-9-21-13/h2-9,11,15,19H,10H2,1H3. The van der Waals surface area contributed by atoms with Crippen molar-refractivity contribution in [1.82, 2.24) is 10.1 Å². The van der Waals surface area contributed by atoms with Gasteiger partial charge < -0.3 is 9.63 Å². The summed E-state index contributed by atoms with van der Waals surface area (Å²) in [6.45, 7) is 1.89. The Hall–Kier alpha value is -1.98. The summed E-state index contributed by atoms with van der Waals surface area (Å²) in [7, 11) is 0. The quantitative estimate of drug-likeness (QED) is 0.782. The molecule has 0 aliphatic rings. The molecule has 3 rings (SSSR count). The monoisotopic (exact) mass is 300 g/mol. The van der Waals surface area contributed by atoms with Gasteiger partial charge >= 0.3 is 0 Å². The molecule has 2 heterocycles. The molecule has 4 nitrogen and oxygen atoms in total. The van der Waals surface area contributed by atoms with Crippen LogP contribution in [0.1, 0.15) is 41.1 Å². The van der Waals surface area contributed by atoms with Gasteiger partial charge in [0.25, 0.3) is 0 Å². The SMILES string of the molecule is CC(c1nc(Cc2cccs2)no1)C(O)c1ccccc1. The maximum Gasteiger partial charge on any atom is 0.232 e. The van der Waals surface area contributed by atoms with Gasteiger partial charge in [0.1, 0.15) is 0 Å².